The second-order valence-electron chi connectivity index (χ2n) is 6.06. The summed E-state index contributed by atoms with van der Waals surface area (Å²) in [5, 5.41) is 2.45. The lowest BCUT2D eigenvalue weighted by Gasteiger charge is -2.09. The molecule has 3 heteroatoms. The summed E-state index contributed by atoms with van der Waals surface area (Å²) >= 11 is 0. The van der Waals surface area contributed by atoms with Crippen molar-refractivity contribution in [2.45, 2.75) is 6.61 Å². The molecule has 4 rings (SSSR count). The highest BCUT2D eigenvalue weighted by atomic mass is 16.5. The Bertz CT molecular complexity index is 1030. The van der Waals surface area contributed by atoms with Crippen LogP contribution in [0.1, 0.15) is 5.56 Å². The summed E-state index contributed by atoms with van der Waals surface area (Å²) < 4.78 is 11.1. The number of aromatic nitrogens is 1. The number of fused-ring (bicyclic) bond motifs is 1. The molecule has 0 aliphatic carbocycles. The van der Waals surface area contributed by atoms with Crippen LogP contribution in [-0.2, 0) is 6.61 Å². The van der Waals surface area contributed by atoms with Crippen LogP contribution >= 0.6 is 0 Å². The summed E-state index contributed by atoms with van der Waals surface area (Å²) in [7, 11) is 1.66. The first kappa shape index (κ1) is 16.2. The van der Waals surface area contributed by atoms with Crippen molar-refractivity contribution in [3.05, 3.63) is 90.5 Å². The van der Waals surface area contributed by atoms with Gasteiger partial charge in [-0.25, -0.2) is 4.98 Å². The summed E-state index contributed by atoms with van der Waals surface area (Å²) in [6.07, 6.45) is 0. The third-order valence-electron chi connectivity index (χ3n) is 4.31. The lowest BCUT2D eigenvalue weighted by molar-refractivity contribution is 0.294. The molecule has 0 N–H and O–H groups in total. The lowest BCUT2D eigenvalue weighted by Crippen LogP contribution is -1.98. The van der Waals surface area contributed by atoms with Crippen molar-refractivity contribution in [3.8, 4) is 22.9 Å². The van der Waals surface area contributed by atoms with Crippen molar-refractivity contribution in [3.63, 3.8) is 0 Å². The van der Waals surface area contributed by atoms with Crippen LogP contribution < -0.4 is 9.47 Å². The molecule has 1 aromatic heterocycles. The molecule has 0 aliphatic rings. The van der Waals surface area contributed by atoms with Crippen LogP contribution in [0.4, 0.5) is 0 Å². The quantitative estimate of drug-likeness (QED) is 0.481. The molecule has 0 unspecified atom stereocenters. The highest BCUT2D eigenvalue weighted by Crippen LogP contribution is 2.23. The molecule has 0 saturated carbocycles. The normalized spacial score (nSPS) is 10.7. The van der Waals surface area contributed by atoms with Crippen molar-refractivity contribution < 1.29 is 9.47 Å². The van der Waals surface area contributed by atoms with Gasteiger partial charge in [0, 0.05) is 11.6 Å². The second kappa shape index (κ2) is 7.28. The van der Waals surface area contributed by atoms with Crippen LogP contribution in [0.25, 0.3) is 22.0 Å². The minimum absolute atomic E-state index is 0.490. The smallest absolute Gasteiger partial charge is 0.214 e. The van der Waals surface area contributed by atoms with E-state index in [1.54, 1.807) is 7.11 Å². The van der Waals surface area contributed by atoms with E-state index in [-0.39, 0.29) is 0 Å². The number of ether oxygens (including phenoxy) is 2. The van der Waals surface area contributed by atoms with Gasteiger partial charge < -0.3 is 9.47 Å². The zero-order valence-electron chi connectivity index (χ0n) is 14.6. The molecular formula is C23H19NO2. The van der Waals surface area contributed by atoms with E-state index < -0.39 is 0 Å². The van der Waals surface area contributed by atoms with Gasteiger partial charge in [-0.2, -0.15) is 0 Å². The van der Waals surface area contributed by atoms with Gasteiger partial charge in [-0.3, -0.25) is 0 Å². The Labute approximate surface area is 152 Å². The summed E-state index contributed by atoms with van der Waals surface area (Å²) in [4.78, 5) is 4.61. The van der Waals surface area contributed by atoms with E-state index in [4.69, 9.17) is 9.47 Å². The standard InChI is InChI=1S/C23H19NO2/c1-25-21-13-11-19(12-14-21)22-7-4-8-23(24-22)26-16-17-9-10-18-5-2-3-6-20(18)15-17/h2-15H,16H2,1H3. The Balaban J connectivity index is 1.50. The highest BCUT2D eigenvalue weighted by Gasteiger charge is 2.04. The number of nitrogens with zero attached hydrogens (tertiary/aromatic N) is 1. The van der Waals surface area contributed by atoms with Crippen LogP contribution in [0.5, 0.6) is 11.6 Å². The molecule has 0 saturated heterocycles. The fourth-order valence-corrected chi connectivity index (χ4v) is 2.90. The molecule has 0 radical (unpaired) electrons. The summed E-state index contributed by atoms with van der Waals surface area (Å²) in [6, 6.07) is 28.4. The first-order valence-electron chi connectivity index (χ1n) is 8.54. The van der Waals surface area contributed by atoms with Crippen LogP contribution in [0.15, 0.2) is 84.9 Å². The van der Waals surface area contributed by atoms with Gasteiger partial charge in [-0.15, -0.1) is 0 Å². The number of pyridine rings is 1. The van der Waals surface area contributed by atoms with Crippen molar-refractivity contribution >= 4 is 10.8 Å². The fourth-order valence-electron chi connectivity index (χ4n) is 2.90. The molecule has 3 nitrogen and oxygen atoms in total. The van der Waals surface area contributed by atoms with Crippen LogP contribution in [0, 0.1) is 0 Å². The van der Waals surface area contributed by atoms with Crippen molar-refractivity contribution in [1.82, 2.24) is 4.98 Å². The monoisotopic (exact) mass is 341 g/mol. The predicted octanol–water partition coefficient (Wildman–Crippen LogP) is 5.49. The summed E-state index contributed by atoms with van der Waals surface area (Å²) in [6.45, 7) is 0.490. The number of benzene rings is 3. The van der Waals surface area contributed by atoms with E-state index in [0.717, 1.165) is 22.6 Å². The Kier molecular flexibility index (Phi) is 4.52. The molecule has 0 aliphatic heterocycles. The third-order valence-corrected chi connectivity index (χ3v) is 4.31. The number of hydrogen-bond acceptors (Lipinski definition) is 3. The average Bonchev–Trinajstić information content (AvgIpc) is 2.72. The van der Waals surface area contributed by atoms with Gasteiger partial charge in [0.15, 0.2) is 0 Å². The predicted molar refractivity (Wildman–Crippen MR) is 105 cm³/mol. The van der Waals surface area contributed by atoms with Gasteiger partial charge >= 0.3 is 0 Å². The molecule has 1 heterocycles. The van der Waals surface area contributed by atoms with E-state index in [1.807, 2.05) is 54.6 Å². The van der Waals surface area contributed by atoms with E-state index in [9.17, 15) is 0 Å². The molecule has 0 atom stereocenters. The van der Waals surface area contributed by atoms with E-state index >= 15 is 0 Å². The van der Waals surface area contributed by atoms with Crippen LogP contribution in [0.2, 0.25) is 0 Å². The zero-order valence-corrected chi connectivity index (χ0v) is 14.6. The van der Waals surface area contributed by atoms with Gasteiger partial charge in [-0.05, 0) is 52.7 Å². The highest BCUT2D eigenvalue weighted by molar-refractivity contribution is 5.82. The molecule has 0 fully saturated rings. The van der Waals surface area contributed by atoms with Gasteiger partial charge in [0.2, 0.25) is 5.88 Å². The molecule has 26 heavy (non-hydrogen) atoms. The molecule has 4 aromatic rings. The Morgan fingerprint density at radius 3 is 2.38 bits per heavy atom. The maximum Gasteiger partial charge on any atom is 0.214 e. The topological polar surface area (TPSA) is 31.4 Å². The van der Waals surface area contributed by atoms with E-state index in [1.165, 1.54) is 10.8 Å². The Morgan fingerprint density at radius 1 is 0.769 bits per heavy atom. The molecule has 0 spiro atoms. The minimum atomic E-state index is 0.490. The molecule has 128 valence electrons. The Morgan fingerprint density at radius 2 is 1.58 bits per heavy atom. The van der Waals surface area contributed by atoms with Crippen LogP contribution in [0.3, 0.4) is 0 Å². The average molecular weight is 341 g/mol. The SMILES string of the molecule is COc1ccc(-c2cccc(OCc3ccc4ccccc4c3)n2)cc1. The largest absolute Gasteiger partial charge is 0.497 e. The van der Waals surface area contributed by atoms with Crippen molar-refractivity contribution in [1.29, 1.82) is 0 Å². The molecular weight excluding hydrogens is 322 g/mol. The first-order chi connectivity index (χ1) is 12.8. The maximum absolute atomic E-state index is 5.91. The van der Waals surface area contributed by atoms with E-state index in [2.05, 4.69) is 35.3 Å². The Hall–Kier alpha value is -3.33. The number of hydrogen-bond donors (Lipinski definition) is 0. The lowest BCUT2D eigenvalue weighted by atomic mass is 10.1. The van der Waals surface area contributed by atoms with Gasteiger partial charge in [0.1, 0.15) is 12.4 Å². The molecule has 0 amide bonds. The van der Waals surface area contributed by atoms with E-state index in [0.29, 0.717) is 12.5 Å². The zero-order chi connectivity index (χ0) is 17.8. The first-order valence-corrected chi connectivity index (χ1v) is 8.54. The second-order valence-corrected chi connectivity index (χ2v) is 6.06. The third kappa shape index (κ3) is 3.52. The molecule has 0 bridgehead atoms. The van der Waals surface area contributed by atoms with Gasteiger partial charge in [0.05, 0.1) is 12.8 Å². The van der Waals surface area contributed by atoms with Gasteiger partial charge in [-0.1, -0.05) is 42.5 Å². The van der Waals surface area contributed by atoms with Crippen molar-refractivity contribution in [2.24, 2.45) is 0 Å². The van der Waals surface area contributed by atoms with Crippen LogP contribution in [-0.4, -0.2) is 12.1 Å². The van der Waals surface area contributed by atoms with Gasteiger partial charge in [0.25, 0.3) is 0 Å². The fraction of sp³-hybridized carbons (Fsp3) is 0.0870. The summed E-state index contributed by atoms with van der Waals surface area (Å²) in [5.41, 5.74) is 3.03. The molecule has 3 aromatic carbocycles. The summed E-state index contributed by atoms with van der Waals surface area (Å²) in [5.74, 6) is 1.45. The maximum atomic E-state index is 5.91. The number of methoxy groups -OCH3 is 1. The minimum Gasteiger partial charge on any atom is -0.497 e. The van der Waals surface area contributed by atoms with Crippen molar-refractivity contribution in [2.75, 3.05) is 7.11 Å². The number of rotatable bonds is 5.